The van der Waals surface area contributed by atoms with Crippen LogP contribution in [0.1, 0.15) is 29.3 Å². The number of carboxylic acid groups (broad SMARTS) is 1. The average Bonchev–Trinajstić information content (AvgIpc) is 2.92. The summed E-state index contributed by atoms with van der Waals surface area (Å²) in [5, 5.41) is 18.1. The van der Waals surface area contributed by atoms with Crippen molar-refractivity contribution < 1.29 is 29.0 Å². The molecular formula is C28H30Cl2N4O6. The van der Waals surface area contributed by atoms with E-state index >= 15 is 0 Å². The zero-order valence-corrected chi connectivity index (χ0v) is 23.2. The Balaban J connectivity index is 1.67. The van der Waals surface area contributed by atoms with E-state index in [0.29, 0.717) is 17.8 Å². The molecule has 0 spiro atoms. The summed E-state index contributed by atoms with van der Waals surface area (Å²) >= 11 is 12.2. The van der Waals surface area contributed by atoms with Gasteiger partial charge in [-0.05, 0) is 41.5 Å². The fourth-order valence-corrected chi connectivity index (χ4v) is 4.26. The van der Waals surface area contributed by atoms with E-state index in [-0.39, 0.29) is 29.9 Å². The fourth-order valence-electron chi connectivity index (χ4n) is 3.72. The molecule has 0 radical (unpaired) electrons. The van der Waals surface area contributed by atoms with E-state index in [0.717, 1.165) is 11.3 Å². The van der Waals surface area contributed by atoms with Crippen molar-refractivity contribution in [3.63, 3.8) is 0 Å². The summed E-state index contributed by atoms with van der Waals surface area (Å²) in [6.45, 7) is 0.0167. The molecule has 0 aliphatic heterocycles. The molecule has 40 heavy (non-hydrogen) atoms. The Labute approximate surface area is 242 Å². The second-order valence-corrected chi connectivity index (χ2v) is 9.58. The number of nitrogens with one attached hydrogen (secondary N) is 3. The molecule has 3 aromatic rings. The molecular weight excluding hydrogens is 559 g/mol. The van der Waals surface area contributed by atoms with Crippen molar-refractivity contribution in [1.29, 1.82) is 0 Å². The molecule has 2 aromatic carbocycles. The highest BCUT2D eigenvalue weighted by atomic mass is 35.5. The Bertz CT molecular complexity index is 1270. The van der Waals surface area contributed by atoms with E-state index in [1.807, 2.05) is 42.5 Å². The molecule has 3 rings (SSSR count). The molecule has 212 valence electrons. The summed E-state index contributed by atoms with van der Waals surface area (Å²) in [4.78, 5) is 41.8. The molecule has 10 nitrogen and oxygen atoms in total. The van der Waals surface area contributed by atoms with Gasteiger partial charge in [0, 0.05) is 29.2 Å². The smallest absolute Gasteiger partial charge is 0.407 e. The minimum atomic E-state index is -1.19. The van der Waals surface area contributed by atoms with E-state index in [4.69, 9.17) is 32.7 Å². The van der Waals surface area contributed by atoms with Gasteiger partial charge in [-0.2, -0.15) is 0 Å². The van der Waals surface area contributed by atoms with Crippen LogP contribution in [0.3, 0.4) is 0 Å². The van der Waals surface area contributed by atoms with Gasteiger partial charge in [-0.15, -0.1) is 0 Å². The van der Waals surface area contributed by atoms with Crippen LogP contribution in [0.4, 0.5) is 10.6 Å². The Hall–Kier alpha value is -3.86. The van der Waals surface area contributed by atoms with Crippen LogP contribution in [0.2, 0.25) is 10.0 Å². The molecule has 0 saturated heterocycles. The largest absolute Gasteiger partial charge is 0.481 e. The minimum Gasteiger partial charge on any atom is -0.481 e. The number of carbonyl (C=O) groups excluding carboxylic acids is 2. The molecule has 1 aromatic heterocycles. The minimum absolute atomic E-state index is 0.0217. The van der Waals surface area contributed by atoms with E-state index in [1.165, 1.54) is 18.2 Å². The maximum absolute atomic E-state index is 13.3. The standard InChI is InChI=1S/C28H30Cl2N4O6/c1-31-25-9-5-8-22(32-25)10-11-40-28(38)34-24(17-39-16-18-6-3-2-4-7-18)27(37)33-23(15-26(35)36)19-12-20(29)14-21(30)13-19/h2-9,12-14,23-24H,10-11,15-17H2,1H3,(H,31,32)(H,33,37)(H,34,38)(H,35,36). The summed E-state index contributed by atoms with van der Waals surface area (Å²) in [6, 6.07) is 17.1. The number of ether oxygens (including phenoxy) is 2. The van der Waals surface area contributed by atoms with Gasteiger partial charge in [0.05, 0.1) is 32.3 Å². The van der Waals surface area contributed by atoms with Crippen LogP contribution in [0, 0.1) is 0 Å². The van der Waals surface area contributed by atoms with Crippen molar-refractivity contribution in [3.05, 3.63) is 93.6 Å². The van der Waals surface area contributed by atoms with E-state index in [1.54, 1.807) is 13.1 Å². The van der Waals surface area contributed by atoms with Crippen molar-refractivity contribution in [1.82, 2.24) is 15.6 Å². The molecule has 0 aliphatic carbocycles. The number of benzene rings is 2. The topological polar surface area (TPSA) is 139 Å². The number of rotatable bonds is 14. The SMILES string of the molecule is CNc1cccc(CCOC(=O)NC(COCc2ccccc2)C(=O)NC(CC(=O)O)c2cc(Cl)cc(Cl)c2)n1. The van der Waals surface area contributed by atoms with Gasteiger partial charge in [0.15, 0.2) is 0 Å². The highest BCUT2D eigenvalue weighted by Gasteiger charge is 2.27. The summed E-state index contributed by atoms with van der Waals surface area (Å²) < 4.78 is 11.0. The van der Waals surface area contributed by atoms with E-state index in [9.17, 15) is 19.5 Å². The summed E-state index contributed by atoms with van der Waals surface area (Å²) in [6.07, 6.45) is -0.919. The van der Waals surface area contributed by atoms with Gasteiger partial charge in [-0.25, -0.2) is 9.78 Å². The zero-order valence-electron chi connectivity index (χ0n) is 21.7. The number of hydrogen-bond acceptors (Lipinski definition) is 7. The molecule has 2 amide bonds. The Morgan fingerprint density at radius 2 is 1.70 bits per heavy atom. The van der Waals surface area contributed by atoms with Gasteiger partial charge in [0.1, 0.15) is 11.9 Å². The first-order chi connectivity index (χ1) is 19.2. The molecule has 12 heteroatoms. The number of aromatic nitrogens is 1. The number of amides is 2. The fraction of sp³-hybridized carbons (Fsp3) is 0.286. The monoisotopic (exact) mass is 588 g/mol. The number of hydrogen-bond donors (Lipinski definition) is 4. The quantitative estimate of drug-likeness (QED) is 0.214. The summed E-state index contributed by atoms with van der Waals surface area (Å²) in [5.74, 6) is -1.14. The number of carbonyl (C=O) groups is 3. The van der Waals surface area contributed by atoms with Crippen molar-refractivity contribution in [2.75, 3.05) is 25.6 Å². The number of pyridine rings is 1. The lowest BCUT2D eigenvalue weighted by atomic mass is 10.0. The first-order valence-corrected chi connectivity index (χ1v) is 13.2. The van der Waals surface area contributed by atoms with Crippen LogP contribution >= 0.6 is 23.2 Å². The first-order valence-electron chi connectivity index (χ1n) is 12.4. The molecule has 0 aliphatic rings. The third-order valence-corrected chi connectivity index (χ3v) is 6.08. The predicted molar refractivity (Wildman–Crippen MR) is 151 cm³/mol. The van der Waals surface area contributed by atoms with Gasteiger partial charge >= 0.3 is 12.1 Å². The van der Waals surface area contributed by atoms with Crippen molar-refractivity contribution in [2.24, 2.45) is 0 Å². The third-order valence-electron chi connectivity index (χ3n) is 5.64. The van der Waals surface area contributed by atoms with Crippen molar-refractivity contribution in [2.45, 2.75) is 31.5 Å². The van der Waals surface area contributed by atoms with Crippen LogP contribution in [-0.4, -0.2) is 54.4 Å². The number of anilines is 1. The molecule has 0 saturated carbocycles. The third kappa shape index (κ3) is 10.4. The molecule has 1 heterocycles. The number of carboxylic acids is 1. The highest BCUT2D eigenvalue weighted by molar-refractivity contribution is 6.34. The van der Waals surface area contributed by atoms with E-state index in [2.05, 4.69) is 20.9 Å². The lowest BCUT2D eigenvalue weighted by Gasteiger charge is -2.23. The Morgan fingerprint density at radius 1 is 0.975 bits per heavy atom. The molecule has 0 fully saturated rings. The van der Waals surface area contributed by atoms with Gasteiger partial charge < -0.3 is 30.5 Å². The maximum atomic E-state index is 13.3. The van der Waals surface area contributed by atoms with Gasteiger partial charge in [0.2, 0.25) is 5.91 Å². The Kier molecular flexibility index (Phi) is 12.0. The number of aliphatic carboxylic acids is 1. The zero-order chi connectivity index (χ0) is 28.9. The summed E-state index contributed by atoms with van der Waals surface area (Å²) in [7, 11) is 1.75. The summed E-state index contributed by atoms with van der Waals surface area (Å²) in [5.41, 5.74) is 1.99. The number of halogens is 2. The highest BCUT2D eigenvalue weighted by Crippen LogP contribution is 2.25. The van der Waals surface area contributed by atoms with Gasteiger partial charge in [0.25, 0.3) is 0 Å². The lowest BCUT2D eigenvalue weighted by molar-refractivity contribution is -0.138. The molecule has 2 atom stereocenters. The van der Waals surface area contributed by atoms with Gasteiger partial charge in [-0.1, -0.05) is 59.6 Å². The van der Waals surface area contributed by atoms with Crippen LogP contribution in [0.15, 0.2) is 66.7 Å². The van der Waals surface area contributed by atoms with Crippen LogP contribution in [0.25, 0.3) is 0 Å². The van der Waals surface area contributed by atoms with E-state index < -0.39 is 36.5 Å². The molecule has 0 bridgehead atoms. The first kappa shape index (κ1) is 30.7. The van der Waals surface area contributed by atoms with Crippen molar-refractivity contribution >= 4 is 47.0 Å². The Morgan fingerprint density at radius 3 is 2.38 bits per heavy atom. The van der Waals surface area contributed by atoms with Crippen LogP contribution in [0.5, 0.6) is 0 Å². The average molecular weight is 589 g/mol. The maximum Gasteiger partial charge on any atom is 0.407 e. The molecule has 2 unspecified atom stereocenters. The lowest BCUT2D eigenvalue weighted by Crippen LogP contribution is -2.50. The van der Waals surface area contributed by atoms with Crippen molar-refractivity contribution in [3.8, 4) is 0 Å². The van der Waals surface area contributed by atoms with Crippen LogP contribution < -0.4 is 16.0 Å². The van der Waals surface area contributed by atoms with Gasteiger partial charge in [-0.3, -0.25) is 9.59 Å². The predicted octanol–water partition coefficient (Wildman–Crippen LogP) is 4.62. The number of alkyl carbamates (subject to hydrolysis) is 1. The normalized spacial score (nSPS) is 12.2. The number of nitrogens with zero attached hydrogens (tertiary/aromatic N) is 1. The molecule has 4 N–H and O–H groups in total. The second kappa shape index (κ2) is 15.7. The second-order valence-electron chi connectivity index (χ2n) is 8.71. The van der Waals surface area contributed by atoms with Crippen LogP contribution in [-0.2, 0) is 32.1 Å².